The smallest absolute Gasteiger partial charge is 0.156 e. The van der Waals surface area contributed by atoms with Crippen molar-refractivity contribution in [3.8, 4) is 17.9 Å². The molecule has 8 nitrogen and oxygen atoms in total. The number of aromatic hydroxyl groups is 1. The van der Waals surface area contributed by atoms with Gasteiger partial charge in [0.15, 0.2) is 5.75 Å². The molecule has 36 heavy (non-hydrogen) atoms. The summed E-state index contributed by atoms with van der Waals surface area (Å²) in [6.07, 6.45) is 3.11. The van der Waals surface area contributed by atoms with Crippen molar-refractivity contribution in [1.82, 2.24) is 9.80 Å². The van der Waals surface area contributed by atoms with Gasteiger partial charge in [-0.3, -0.25) is 9.80 Å². The second-order valence-electron chi connectivity index (χ2n) is 9.04. The van der Waals surface area contributed by atoms with Gasteiger partial charge in [0.25, 0.3) is 0 Å². The van der Waals surface area contributed by atoms with Crippen molar-refractivity contribution in [2.75, 3.05) is 81.0 Å². The maximum absolute atomic E-state index is 10.0. The van der Waals surface area contributed by atoms with Crippen LogP contribution < -0.4 is 15.5 Å². The average molecular weight is 488 g/mol. The van der Waals surface area contributed by atoms with E-state index in [1.807, 2.05) is 36.4 Å². The molecule has 0 amide bonds. The van der Waals surface area contributed by atoms with Gasteiger partial charge in [-0.1, -0.05) is 25.1 Å². The number of rotatable bonds is 6. The summed E-state index contributed by atoms with van der Waals surface area (Å²) < 4.78 is 0. The first-order valence-corrected chi connectivity index (χ1v) is 12.6. The third-order valence-electron chi connectivity index (χ3n) is 6.69. The number of anilines is 3. The zero-order valence-electron chi connectivity index (χ0n) is 21.2. The minimum atomic E-state index is 0.0946. The first-order valence-electron chi connectivity index (χ1n) is 12.6. The Bertz CT molecular complexity index is 1090. The number of para-hydroxylation sites is 2. The minimum absolute atomic E-state index is 0.0946. The number of hydrogen-bond acceptors (Lipinski definition) is 8. The van der Waals surface area contributed by atoms with Crippen LogP contribution in [0.25, 0.3) is 0 Å². The van der Waals surface area contributed by atoms with E-state index in [0.29, 0.717) is 16.8 Å². The normalized spacial score (nSPS) is 16.4. The molecular weight excluding hydrogens is 450 g/mol. The maximum atomic E-state index is 10.0. The number of phenolic OH excluding ortho intramolecular Hbond substituents is 1. The predicted octanol–water partition coefficient (Wildman–Crippen LogP) is 3.24. The molecule has 2 aliphatic heterocycles. The van der Waals surface area contributed by atoms with Crippen LogP contribution in [0.1, 0.15) is 24.5 Å². The van der Waals surface area contributed by atoms with Crippen LogP contribution >= 0.6 is 0 Å². The van der Waals surface area contributed by atoms with Crippen molar-refractivity contribution in [2.45, 2.75) is 13.3 Å². The van der Waals surface area contributed by atoms with E-state index in [4.69, 9.17) is 16.3 Å². The van der Waals surface area contributed by atoms with Gasteiger partial charge in [-0.15, -0.1) is 6.58 Å². The first-order chi connectivity index (χ1) is 17.5. The summed E-state index contributed by atoms with van der Waals surface area (Å²) >= 11 is 0. The van der Waals surface area contributed by atoms with Gasteiger partial charge in [0.05, 0.1) is 28.2 Å². The van der Waals surface area contributed by atoms with E-state index in [9.17, 15) is 5.11 Å². The van der Waals surface area contributed by atoms with Crippen molar-refractivity contribution in [3.05, 3.63) is 60.2 Å². The van der Waals surface area contributed by atoms with E-state index in [-0.39, 0.29) is 5.75 Å². The number of piperazine rings is 2. The molecule has 0 saturated carbocycles. The Morgan fingerprint density at radius 1 is 0.861 bits per heavy atom. The third-order valence-corrected chi connectivity index (χ3v) is 6.69. The summed E-state index contributed by atoms with van der Waals surface area (Å²) in [7, 11) is 0. The first kappa shape index (κ1) is 26.9. The third kappa shape index (κ3) is 6.69. The molecule has 2 aromatic rings. The Balaban J connectivity index is 0.000000201. The fourth-order valence-electron chi connectivity index (χ4n) is 4.69. The SMILES string of the molecule is C=CCN1CCN(c2cccc(C#N)c2O)CC1.CCCN1CCN(c2cccc(C#N)c2N)CC1. The number of hydrogen-bond donors (Lipinski definition) is 2. The van der Waals surface area contributed by atoms with Gasteiger partial charge < -0.3 is 20.6 Å². The van der Waals surface area contributed by atoms with Crippen LogP contribution in [0.2, 0.25) is 0 Å². The standard InChI is InChI=1S/C14H20N4.C14H17N3O/c1-2-6-17-7-9-18(10-8-17)13-5-3-4-12(11-15)14(13)16;1-2-6-16-7-9-17(10-8-16)13-5-3-4-12(11-15)14(13)18/h3-5H,2,6-10,16H2,1H3;2-5,18H,1,6-10H2. The highest BCUT2D eigenvalue weighted by atomic mass is 16.3. The summed E-state index contributed by atoms with van der Waals surface area (Å²) in [6.45, 7) is 15.7. The molecule has 2 saturated heterocycles. The van der Waals surface area contributed by atoms with Gasteiger partial charge in [0.2, 0.25) is 0 Å². The number of nitriles is 2. The lowest BCUT2D eigenvalue weighted by atomic mass is 10.1. The molecule has 0 radical (unpaired) electrons. The maximum Gasteiger partial charge on any atom is 0.156 e. The van der Waals surface area contributed by atoms with Gasteiger partial charge in [-0.2, -0.15) is 10.5 Å². The number of phenols is 1. The summed E-state index contributed by atoms with van der Waals surface area (Å²) in [5.41, 5.74) is 9.32. The fourth-order valence-corrected chi connectivity index (χ4v) is 4.69. The number of nitrogen functional groups attached to an aromatic ring is 1. The lowest BCUT2D eigenvalue weighted by Crippen LogP contribution is -2.46. The zero-order chi connectivity index (χ0) is 25.9. The molecule has 0 atom stereocenters. The summed E-state index contributed by atoms with van der Waals surface area (Å²) in [6, 6.07) is 15.1. The molecular formula is C28H37N7O. The predicted molar refractivity (Wildman–Crippen MR) is 146 cm³/mol. The molecule has 0 unspecified atom stereocenters. The van der Waals surface area contributed by atoms with Crippen molar-refractivity contribution in [2.24, 2.45) is 0 Å². The molecule has 190 valence electrons. The molecule has 3 N–H and O–H groups in total. The van der Waals surface area contributed by atoms with Gasteiger partial charge >= 0.3 is 0 Å². The van der Waals surface area contributed by atoms with Crippen LogP contribution in [0.3, 0.4) is 0 Å². The molecule has 2 aliphatic rings. The monoisotopic (exact) mass is 487 g/mol. The average Bonchev–Trinajstić information content (AvgIpc) is 2.91. The second-order valence-corrected chi connectivity index (χ2v) is 9.04. The second kappa shape index (κ2) is 13.4. The van der Waals surface area contributed by atoms with E-state index < -0.39 is 0 Å². The van der Waals surface area contributed by atoms with Gasteiger partial charge in [-0.25, -0.2) is 0 Å². The van der Waals surface area contributed by atoms with E-state index in [1.54, 1.807) is 12.1 Å². The van der Waals surface area contributed by atoms with E-state index in [0.717, 1.165) is 70.3 Å². The van der Waals surface area contributed by atoms with Crippen molar-refractivity contribution < 1.29 is 5.11 Å². The molecule has 4 rings (SSSR count). The Hall–Kier alpha value is -3.72. The van der Waals surface area contributed by atoms with Crippen LogP contribution in [0.15, 0.2) is 49.1 Å². The Labute approximate surface area is 215 Å². The quantitative estimate of drug-likeness (QED) is 0.472. The van der Waals surface area contributed by atoms with Crippen LogP contribution in [0, 0.1) is 22.7 Å². The number of nitrogens with two attached hydrogens (primary N) is 1. The molecule has 2 fully saturated rings. The Kier molecular flexibility index (Phi) is 10.00. The highest BCUT2D eigenvalue weighted by molar-refractivity contribution is 5.74. The van der Waals surface area contributed by atoms with Crippen LogP contribution in [-0.4, -0.2) is 80.4 Å². The molecule has 0 spiro atoms. The van der Waals surface area contributed by atoms with Gasteiger partial charge in [0, 0.05) is 58.9 Å². The van der Waals surface area contributed by atoms with E-state index >= 15 is 0 Å². The Morgan fingerprint density at radius 2 is 1.39 bits per heavy atom. The zero-order valence-corrected chi connectivity index (χ0v) is 21.2. The number of benzene rings is 2. The molecule has 0 bridgehead atoms. The number of nitrogens with zero attached hydrogens (tertiary/aromatic N) is 6. The molecule has 0 aliphatic carbocycles. The summed E-state index contributed by atoms with van der Waals surface area (Å²) in [4.78, 5) is 9.19. The van der Waals surface area contributed by atoms with E-state index in [2.05, 4.69) is 39.2 Å². The minimum Gasteiger partial charge on any atom is -0.504 e. The Morgan fingerprint density at radius 3 is 1.94 bits per heavy atom. The lowest BCUT2D eigenvalue weighted by molar-refractivity contribution is 0.258. The van der Waals surface area contributed by atoms with Crippen molar-refractivity contribution in [3.63, 3.8) is 0 Å². The van der Waals surface area contributed by atoms with Gasteiger partial charge in [0.1, 0.15) is 12.1 Å². The van der Waals surface area contributed by atoms with Crippen molar-refractivity contribution in [1.29, 1.82) is 10.5 Å². The van der Waals surface area contributed by atoms with Crippen LogP contribution in [-0.2, 0) is 0 Å². The summed E-state index contributed by atoms with van der Waals surface area (Å²) in [5.74, 6) is 0.0946. The van der Waals surface area contributed by atoms with Crippen LogP contribution in [0.4, 0.5) is 17.1 Å². The lowest BCUT2D eigenvalue weighted by Gasteiger charge is -2.36. The van der Waals surface area contributed by atoms with E-state index in [1.165, 1.54) is 13.0 Å². The molecule has 2 aromatic carbocycles. The fraction of sp³-hybridized carbons (Fsp3) is 0.429. The summed E-state index contributed by atoms with van der Waals surface area (Å²) in [5, 5.41) is 27.9. The van der Waals surface area contributed by atoms with Crippen LogP contribution in [0.5, 0.6) is 5.75 Å². The highest BCUT2D eigenvalue weighted by Crippen LogP contribution is 2.31. The largest absolute Gasteiger partial charge is 0.504 e. The van der Waals surface area contributed by atoms with Crippen molar-refractivity contribution >= 4 is 17.1 Å². The topological polar surface area (TPSA) is 107 Å². The molecule has 2 heterocycles. The van der Waals surface area contributed by atoms with Gasteiger partial charge in [-0.05, 0) is 37.2 Å². The highest BCUT2D eigenvalue weighted by Gasteiger charge is 2.20. The molecule has 8 heteroatoms. The molecule has 0 aromatic heterocycles.